The van der Waals surface area contributed by atoms with Gasteiger partial charge < -0.3 is 4.90 Å². The Hall–Kier alpha value is -2.50. The Morgan fingerprint density at radius 3 is 2.58 bits per heavy atom. The molecule has 6 heteroatoms. The summed E-state index contributed by atoms with van der Waals surface area (Å²) in [6, 6.07) is 3.64. The molecule has 0 saturated heterocycles. The summed E-state index contributed by atoms with van der Waals surface area (Å²) < 4.78 is 1.66. The van der Waals surface area contributed by atoms with Crippen molar-refractivity contribution in [2.24, 2.45) is 0 Å². The first-order valence-electron chi connectivity index (χ1n) is 9.41. The van der Waals surface area contributed by atoms with Gasteiger partial charge in [-0.1, -0.05) is 20.8 Å². The van der Waals surface area contributed by atoms with Crippen molar-refractivity contribution >= 4 is 17.5 Å². The van der Waals surface area contributed by atoms with Gasteiger partial charge in [-0.3, -0.25) is 19.1 Å². The number of hydrogen-bond acceptors (Lipinski definition) is 4. The normalized spacial score (nSPS) is 10.7. The van der Waals surface area contributed by atoms with Crippen LogP contribution in [0.1, 0.15) is 62.8 Å². The molecule has 0 aliphatic heterocycles. The highest BCUT2D eigenvalue weighted by Crippen LogP contribution is 2.15. The number of hydrogen-bond donors (Lipinski definition) is 0. The van der Waals surface area contributed by atoms with Crippen LogP contribution >= 0.6 is 0 Å². The molecular formula is C20H28N4O2. The van der Waals surface area contributed by atoms with Crippen LogP contribution in [0.2, 0.25) is 0 Å². The number of anilines is 1. The molecule has 0 spiro atoms. The van der Waals surface area contributed by atoms with Gasteiger partial charge in [-0.25, -0.2) is 4.98 Å². The first-order valence-corrected chi connectivity index (χ1v) is 9.41. The molecule has 2 aromatic rings. The summed E-state index contributed by atoms with van der Waals surface area (Å²) in [7, 11) is 0. The minimum Gasteiger partial charge on any atom is -0.310 e. The Bertz CT molecular complexity index is 725. The van der Waals surface area contributed by atoms with Crippen LogP contribution in [-0.2, 0) is 17.6 Å². The smallest absolute Gasteiger partial charge is 0.233 e. The lowest BCUT2D eigenvalue weighted by Gasteiger charge is -2.22. The standard InChI is InChI=1S/C20H28N4O2/c1-4-8-18-22-16(6-3)15-24(18)20(26)11-13-23(19(25)9-5-2)17-10-7-12-21-14-17/h7,10,12,14-15H,4-6,8-9,11,13H2,1-3H3. The molecule has 0 unspecified atom stereocenters. The summed E-state index contributed by atoms with van der Waals surface area (Å²) in [5.41, 5.74) is 1.65. The van der Waals surface area contributed by atoms with Gasteiger partial charge in [-0.2, -0.15) is 0 Å². The van der Waals surface area contributed by atoms with E-state index in [9.17, 15) is 9.59 Å². The van der Waals surface area contributed by atoms with E-state index >= 15 is 0 Å². The molecule has 0 N–H and O–H groups in total. The van der Waals surface area contributed by atoms with E-state index in [4.69, 9.17) is 0 Å². The maximum atomic E-state index is 12.8. The maximum Gasteiger partial charge on any atom is 0.233 e. The van der Waals surface area contributed by atoms with Crippen molar-refractivity contribution in [3.63, 3.8) is 0 Å². The van der Waals surface area contributed by atoms with Crippen molar-refractivity contribution in [1.29, 1.82) is 0 Å². The van der Waals surface area contributed by atoms with Crippen molar-refractivity contribution in [2.45, 2.75) is 59.3 Å². The molecule has 2 heterocycles. The van der Waals surface area contributed by atoms with E-state index in [1.807, 2.05) is 26.1 Å². The third kappa shape index (κ3) is 5.00. The molecule has 0 radical (unpaired) electrons. The lowest BCUT2D eigenvalue weighted by Crippen LogP contribution is -2.33. The lowest BCUT2D eigenvalue weighted by atomic mass is 10.2. The van der Waals surface area contributed by atoms with Gasteiger partial charge in [0.25, 0.3) is 0 Å². The predicted molar refractivity (Wildman–Crippen MR) is 102 cm³/mol. The third-order valence-corrected chi connectivity index (χ3v) is 4.21. The Morgan fingerprint density at radius 2 is 1.96 bits per heavy atom. The van der Waals surface area contributed by atoms with Crippen LogP contribution in [0.3, 0.4) is 0 Å². The van der Waals surface area contributed by atoms with E-state index in [2.05, 4.69) is 16.9 Å². The fraction of sp³-hybridized carbons (Fsp3) is 0.500. The van der Waals surface area contributed by atoms with E-state index in [1.165, 1.54) is 0 Å². The number of pyridine rings is 1. The topological polar surface area (TPSA) is 68.1 Å². The monoisotopic (exact) mass is 356 g/mol. The number of aromatic nitrogens is 3. The van der Waals surface area contributed by atoms with Crippen LogP contribution in [0.15, 0.2) is 30.7 Å². The first kappa shape index (κ1) is 19.8. The molecule has 0 fully saturated rings. The molecule has 140 valence electrons. The maximum absolute atomic E-state index is 12.8. The molecule has 1 amide bonds. The highest BCUT2D eigenvalue weighted by Gasteiger charge is 2.19. The van der Waals surface area contributed by atoms with E-state index in [-0.39, 0.29) is 18.2 Å². The third-order valence-electron chi connectivity index (χ3n) is 4.21. The fourth-order valence-corrected chi connectivity index (χ4v) is 2.85. The Balaban J connectivity index is 2.14. The average Bonchev–Trinajstić information content (AvgIpc) is 3.06. The van der Waals surface area contributed by atoms with Crippen molar-refractivity contribution in [1.82, 2.24) is 14.5 Å². The number of carbonyl (C=O) groups is 2. The van der Waals surface area contributed by atoms with Crippen molar-refractivity contribution in [2.75, 3.05) is 11.4 Å². The lowest BCUT2D eigenvalue weighted by molar-refractivity contribution is -0.118. The summed E-state index contributed by atoms with van der Waals surface area (Å²) in [4.78, 5) is 35.5. The number of amides is 1. The summed E-state index contributed by atoms with van der Waals surface area (Å²) in [6.45, 7) is 6.41. The Kier molecular flexibility index (Phi) is 7.51. The van der Waals surface area contributed by atoms with Crippen LogP contribution in [0.5, 0.6) is 0 Å². The van der Waals surface area contributed by atoms with Gasteiger partial charge >= 0.3 is 0 Å². The number of nitrogens with zero attached hydrogens (tertiary/aromatic N) is 4. The van der Waals surface area contributed by atoms with Gasteiger partial charge in [0.15, 0.2) is 0 Å². The van der Waals surface area contributed by atoms with Crippen LogP contribution in [-0.4, -0.2) is 32.9 Å². The minimum absolute atomic E-state index is 0.0157. The van der Waals surface area contributed by atoms with Gasteiger partial charge in [-0.15, -0.1) is 0 Å². The zero-order valence-corrected chi connectivity index (χ0v) is 15.9. The fourth-order valence-electron chi connectivity index (χ4n) is 2.85. The van der Waals surface area contributed by atoms with Gasteiger partial charge in [0.05, 0.1) is 17.6 Å². The molecule has 0 saturated carbocycles. The second kappa shape index (κ2) is 9.85. The molecular weight excluding hydrogens is 328 g/mol. The number of rotatable bonds is 9. The molecule has 6 nitrogen and oxygen atoms in total. The number of aryl methyl sites for hydroxylation is 2. The minimum atomic E-state index is -0.0289. The van der Waals surface area contributed by atoms with Crippen molar-refractivity contribution in [3.8, 4) is 0 Å². The zero-order chi connectivity index (χ0) is 18.9. The predicted octanol–water partition coefficient (Wildman–Crippen LogP) is 3.66. The largest absolute Gasteiger partial charge is 0.310 e. The molecule has 0 aliphatic rings. The average molecular weight is 356 g/mol. The molecule has 0 aromatic carbocycles. The van der Waals surface area contributed by atoms with Gasteiger partial charge in [-0.05, 0) is 31.4 Å². The molecule has 2 rings (SSSR count). The molecule has 0 bridgehead atoms. The second-order valence-electron chi connectivity index (χ2n) is 6.27. The van der Waals surface area contributed by atoms with Crippen LogP contribution in [0.4, 0.5) is 5.69 Å². The van der Waals surface area contributed by atoms with Crippen molar-refractivity contribution < 1.29 is 9.59 Å². The van der Waals surface area contributed by atoms with Gasteiger partial charge in [0.2, 0.25) is 11.8 Å². The molecule has 2 aromatic heterocycles. The SMILES string of the molecule is CCCC(=O)N(CCC(=O)n1cc(CC)nc1CCC)c1cccnc1. The second-order valence-corrected chi connectivity index (χ2v) is 6.27. The summed E-state index contributed by atoms with van der Waals surface area (Å²) in [5.74, 6) is 0.794. The number of imidazole rings is 1. The first-order chi connectivity index (χ1) is 12.6. The van der Waals surface area contributed by atoms with Gasteiger partial charge in [0.1, 0.15) is 5.82 Å². The number of carbonyl (C=O) groups excluding carboxylic acids is 2. The summed E-state index contributed by atoms with van der Waals surface area (Å²) >= 11 is 0. The molecule has 0 atom stereocenters. The molecule has 0 aliphatic carbocycles. The van der Waals surface area contributed by atoms with Crippen molar-refractivity contribution in [3.05, 3.63) is 42.2 Å². The van der Waals surface area contributed by atoms with Crippen LogP contribution < -0.4 is 4.90 Å². The summed E-state index contributed by atoms with van der Waals surface area (Å²) in [5, 5.41) is 0. The molecule has 26 heavy (non-hydrogen) atoms. The summed E-state index contributed by atoms with van der Waals surface area (Å²) in [6.07, 6.45) is 9.14. The van der Waals surface area contributed by atoms with Crippen LogP contribution in [0, 0.1) is 0 Å². The van der Waals surface area contributed by atoms with Crippen LogP contribution in [0.25, 0.3) is 0 Å². The quantitative estimate of drug-likeness (QED) is 0.688. The van der Waals surface area contributed by atoms with E-state index in [1.54, 1.807) is 27.9 Å². The van der Waals surface area contributed by atoms with E-state index in [0.717, 1.165) is 42.9 Å². The highest BCUT2D eigenvalue weighted by molar-refractivity contribution is 5.94. The van der Waals surface area contributed by atoms with E-state index in [0.29, 0.717) is 13.0 Å². The highest BCUT2D eigenvalue weighted by atomic mass is 16.2. The zero-order valence-electron chi connectivity index (χ0n) is 15.9. The Labute approximate surface area is 155 Å². The Morgan fingerprint density at radius 1 is 1.15 bits per heavy atom. The van der Waals surface area contributed by atoms with Gasteiger partial charge in [0, 0.05) is 38.2 Å². The van der Waals surface area contributed by atoms with E-state index < -0.39 is 0 Å².